The van der Waals surface area contributed by atoms with Crippen molar-refractivity contribution in [3.05, 3.63) is 58.0 Å². The van der Waals surface area contributed by atoms with Gasteiger partial charge in [-0.25, -0.2) is 4.39 Å². The number of benzene rings is 1. The first-order valence-corrected chi connectivity index (χ1v) is 9.31. The topological polar surface area (TPSA) is 49.4 Å². The highest BCUT2D eigenvalue weighted by Gasteiger charge is 2.29. The normalized spacial score (nSPS) is 18.6. The van der Waals surface area contributed by atoms with E-state index in [0.717, 1.165) is 18.4 Å². The fourth-order valence-corrected chi connectivity index (χ4v) is 3.81. The molecule has 1 N–H and O–H groups in total. The van der Waals surface area contributed by atoms with E-state index >= 15 is 0 Å². The Kier molecular flexibility index (Phi) is 5.48. The Morgan fingerprint density at radius 2 is 2.16 bits per heavy atom. The predicted octanol–water partition coefficient (Wildman–Crippen LogP) is 3.62. The van der Waals surface area contributed by atoms with Crippen LogP contribution in [0.4, 0.5) is 4.39 Å². The number of likely N-dealkylation sites (tertiary alicyclic amines) is 1. The van der Waals surface area contributed by atoms with Crippen molar-refractivity contribution in [2.45, 2.75) is 25.8 Å². The Balaban J connectivity index is 1.61. The zero-order valence-corrected chi connectivity index (χ0v) is 14.9. The van der Waals surface area contributed by atoms with E-state index in [9.17, 15) is 14.0 Å². The molecule has 2 heterocycles. The van der Waals surface area contributed by atoms with Crippen molar-refractivity contribution in [1.29, 1.82) is 0 Å². The van der Waals surface area contributed by atoms with Crippen LogP contribution >= 0.6 is 11.3 Å². The van der Waals surface area contributed by atoms with Crippen molar-refractivity contribution in [3.63, 3.8) is 0 Å². The third-order valence-electron chi connectivity index (χ3n) is 4.52. The fraction of sp³-hybridized carbons (Fsp3) is 0.368. The highest BCUT2D eigenvalue weighted by atomic mass is 32.1. The van der Waals surface area contributed by atoms with E-state index in [-0.39, 0.29) is 29.6 Å². The highest BCUT2D eigenvalue weighted by molar-refractivity contribution is 7.12. The molecular formula is C19H21FN2O2S. The van der Waals surface area contributed by atoms with Gasteiger partial charge in [-0.05, 0) is 48.9 Å². The number of nitrogens with zero attached hydrogens (tertiary/aromatic N) is 1. The molecule has 0 saturated carbocycles. The summed E-state index contributed by atoms with van der Waals surface area (Å²) in [7, 11) is 0. The molecule has 4 nitrogen and oxygen atoms in total. The molecule has 25 heavy (non-hydrogen) atoms. The Bertz CT molecular complexity index is 748. The number of hydrogen-bond donors (Lipinski definition) is 1. The summed E-state index contributed by atoms with van der Waals surface area (Å²) in [5.41, 5.74) is 0.732. The number of amides is 2. The number of carbonyl (C=O) groups is 2. The molecule has 2 amide bonds. The molecular weight excluding hydrogens is 339 g/mol. The quantitative estimate of drug-likeness (QED) is 0.905. The molecule has 0 aliphatic carbocycles. The number of thiophene rings is 1. The summed E-state index contributed by atoms with van der Waals surface area (Å²) in [5, 5.41) is 4.82. The van der Waals surface area contributed by atoms with Gasteiger partial charge in [0.25, 0.3) is 5.91 Å². The predicted molar refractivity (Wildman–Crippen MR) is 95.9 cm³/mol. The summed E-state index contributed by atoms with van der Waals surface area (Å²) in [4.78, 5) is 27.5. The lowest BCUT2D eigenvalue weighted by molar-refractivity contribution is -0.127. The van der Waals surface area contributed by atoms with Crippen LogP contribution in [-0.2, 0) is 4.79 Å². The minimum atomic E-state index is -0.316. The van der Waals surface area contributed by atoms with Crippen LogP contribution in [0.1, 0.15) is 41.0 Å². The Morgan fingerprint density at radius 3 is 2.88 bits per heavy atom. The molecule has 0 unspecified atom stereocenters. The number of halogens is 1. The Hall–Kier alpha value is -2.21. The first-order chi connectivity index (χ1) is 12.0. The lowest BCUT2D eigenvalue weighted by Gasteiger charge is -2.32. The Morgan fingerprint density at radius 1 is 1.32 bits per heavy atom. The molecule has 132 valence electrons. The minimum absolute atomic E-state index is 0.00863. The van der Waals surface area contributed by atoms with Gasteiger partial charge in [-0.2, -0.15) is 0 Å². The second-order valence-electron chi connectivity index (χ2n) is 6.35. The van der Waals surface area contributed by atoms with E-state index in [4.69, 9.17) is 0 Å². The van der Waals surface area contributed by atoms with Crippen LogP contribution < -0.4 is 5.32 Å². The smallest absolute Gasteiger partial charge is 0.263 e. The summed E-state index contributed by atoms with van der Waals surface area (Å²) in [5.74, 6) is -0.635. The van der Waals surface area contributed by atoms with E-state index in [1.54, 1.807) is 17.0 Å². The molecule has 1 saturated heterocycles. The van der Waals surface area contributed by atoms with E-state index in [2.05, 4.69) is 5.32 Å². The molecule has 0 radical (unpaired) electrons. The first-order valence-electron chi connectivity index (χ1n) is 8.43. The van der Waals surface area contributed by atoms with Crippen LogP contribution in [0.5, 0.6) is 0 Å². The number of nitrogens with one attached hydrogen (secondary N) is 1. The molecule has 0 spiro atoms. The number of rotatable bonds is 4. The van der Waals surface area contributed by atoms with Gasteiger partial charge in [-0.3, -0.25) is 9.59 Å². The zero-order valence-electron chi connectivity index (χ0n) is 14.1. The van der Waals surface area contributed by atoms with Gasteiger partial charge in [0, 0.05) is 13.1 Å². The monoisotopic (exact) mass is 360 g/mol. The molecule has 1 aromatic heterocycles. The van der Waals surface area contributed by atoms with Gasteiger partial charge >= 0.3 is 0 Å². The Labute approximate surface area is 150 Å². The van der Waals surface area contributed by atoms with Crippen LogP contribution in [-0.4, -0.2) is 29.8 Å². The van der Waals surface area contributed by atoms with Gasteiger partial charge in [0.2, 0.25) is 5.91 Å². The minimum Gasteiger partial charge on any atom is -0.349 e. The molecule has 6 heteroatoms. The van der Waals surface area contributed by atoms with Crippen molar-refractivity contribution >= 4 is 23.2 Å². The standard InChI is InChI=1S/C19H21FN2O2S/c1-13(14-5-2-7-16(20)11-14)21-18(23)15-6-3-9-22(12-15)19(24)17-8-4-10-25-17/h2,4-5,7-8,10-11,13,15H,3,6,9,12H2,1H3,(H,21,23)/t13-,15+/m1/s1. The first kappa shape index (κ1) is 17.6. The second-order valence-corrected chi connectivity index (χ2v) is 7.30. The van der Waals surface area contributed by atoms with Crippen LogP contribution in [0.3, 0.4) is 0 Å². The summed E-state index contributed by atoms with van der Waals surface area (Å²) in [6.45, 7) is 2.95. The molecule has 3 rings (SSSR count). The third-order valence-corrected chi connectivity index (χ3v) is 5.38. The SMILES string of the molecule is C[C@@H](NC(=O)[C@H]1CCCN(C(=O)c2cccs2)C1)c1cccc(F)c1. The lowest BCUT2D eigenvalue weighted by Crippen LogP contribution is -2.45. The van der Waals surface area contributed by atoms with Gasteiger partial charge in [0.05, 0.1) is 16.8 Å². The number of carbonyl (C=O) groups excluding carboxylic acids is 2. The van der Waals surface area contributed by atoms with E-state index in [1.165, 1.54) is 23.5 Å². The van der Waals surface area contributed by atoms with Gasteiger partial charge < -0.3 is 10.2 Å². The fourth-order valence-electron chi connectivity index (χ4n) is 3.12. The number of hydrogen-bond acceptors (Lipinski definition) is 3. The lowest BCUT2D eigenvalue weighted by atomic mass is 9.96. The highest BCUT2D eigenvalue weighted by Crippen LogP contribution is 2.22. The summed E-state index contributed by atoms with van der Waals surface area (Å²) in [6.07, 6.45) is 1.57. The van der Waals surface area contributed by atoms with Crippen LogP contribution in [0.25, 0.3) is 0 Å². The van der Waals surface area contributed by atoms with Crippen LogP contribution in [0.15, 0.2) is 41.8 Å². The molecule has 2 atom stereocenters. The van der Waals surface area contributed by atoms with Gasteiger partial charge in [0.15, 0.2) is 0 Å². The average Bonchev–Trinajstić information content (AvgIpc) is 3.15. The van der Waals surface area contributed by atoms with Crippen molar-refractivity contribution in [2.24, 2.45) is 5.92 Å². The average molecular weight is 360 g/mol. The largest absolute Gasteiger partial charge is 0.349 e. The second kappa shape index (κ2) is 7.78. The maximum Gasteiger partial charge on any atom is 0.263 e. The van der Waals surface area contributed by atoms with Crippen molar-refractivity contribution in [3.8, 4) is 0 Å². The summed E-state index contributed by atoms with van der Waals surface area (Å²) >= 11 is 1.42. The van der Waals surface area contributed by atoms with E-state index in [1.807, 2.05) is 24.4 Å². The zero-order chi connectivity index (χ0) is 17.8. The maximum absolute atomic E-state index is 13.3. The number of piperidine rings is 1. The molecule has 1 fully saturated rings. The van der Waals surface area contributed by atoms with Gasteiger partial charge in [-0.15, -0.1) is 11.3 Å². The van der Waals surface area contributed by atoms with Crippen LogP contribution in [0.2, 0.25) is 0 Å². The molecule has 1 aliphatic heterocycles. The summed E-state index contributed by atoms with van der Waals surface area (Å²) < 4.78 is 13.3. The maximum atomic E-state index is 13.3. The molecule has 1 aliphatic rings. The van der Waals surface area contributed by atoms with E-state index < -0.39 is 0 Å². The van der Waals surface area contributed by atoms with Crippen LogP contribution in [0, 0.1) is 11.7 Å². The van der Waals surface area contributed by atoms with Crippen molar-refractivity contribution < 1.29 is 14.0 Å². The van der Waals surface area contributed by atoms with Crippen molar-refractivity contribution in [1.82, 2.24) is 10.2 Å². The van der Waals surface area contributed by atoms with Gasteiger partial charge in [0.1, 0.15) is 5.82 Å². The van der Waals surface area contributed by atoms with E-state index in [0.29, 0.717) is 18.0 Å². The molecule has 1 aromatic carbocycles. The van der Waals surface area contributed by atoms with Crippen molar-refractivity contribution in [2.75, 3.05) is 13.1 Å². The molecule has 2 aromatic rings. The third kappa shape index (κ3) is 4.25. The van der Waals surface area contributed by atoms with Gasteiger partial charge in [-0.1, -0.05) is 18.2 Å². The molecule has 0 bridgehead atoms. The summed E-state index contributed by atoms with van der Waals surface area (Å²) in [6, 6.07) is 9.63.